The van der Waals surface area contributed by atoms with Crippen LogP contribution in [-0.2, 0) is 6.54 Å². The zero-order valence-electron chi connectivity index (χ0n) is 10.5. The Labute approximate surface area is 110 Å². The molecule has 1 aromatic heterocycles. The first-order valence-electron chi connectivity index (χ1n) is 5.74. The van der Waals surface area contributed by atoms with E-state index in [1.807, 2.05) is 0 Å². The highest BCUT2D eigenvalue weighted by atomic mass is 16.5. The third-order valence-corrected chi connectivity index (χ3v) is 2.80. The van der Waals surface area contributed by atoms with E-state index < -0.39 is 5.91 Å². The summed E-state index contributed by atoms with van der Waals surface area (Å²) < 4.78 is 6.52. The van der Waals surface area contributed by atoms with E-state index in [1.54, 1.807) is 42.6 Å². The lowest BCUT2D eigenvalue weighted by Crippen LogP contribution is -2.21. The zero-order chi connectivity index (χ0) is 13.8. The molecule has 2 N–H and O–H groups in total. The fraction of sp³-hybridized carbons (Fsp3) is 0.143. The van der Waals surface area contributed by atoms with Gasteiger partial charge in [0.05, 0.1) is 13.7 Å². The minimum Gasteiger partial charge on any atom is -0.491 e. The maximum atomic E-state index is 11.9. The molecule has 5 heteroatoms. The molecule has 0 aliphatic carbocycles. The van der Waals surface area contributed by atoms with Crippen molar-refractivity contribution in [3.8, 4) is 5.75 Å². The number of rotatable bonds is 4. The molecule has 1 aromatic carbocycles. The fourth-order valence-electron chi connectivity index (χ4n) is 1.77. The van der Waals surface area contributed by atoms with Crippen molar-refractivity contribution in [2.24, 2.45) is 5.73 Å². The highest BCUT2D eigenvalue weighted by Gasteiger charge is 2.04. The molecule has 0 aliphatic heterocycles. The average Bonchev–Trinajstić information content (AvgIpc) is 2.42. The number of primary amides is 1. The van der Waals surface area contributed by atoms with Crippen LogP contribution >= 0.6 is 0 Å². The molecular weight excluding hydrogens is 244 g/mol. The third kappa shape index (κ3) is 2.82. The Hall–Kier alpha value is -2.56. The van der Waals surface area contributed by atoms with E-state index >= 15 is 0 Å². The van der Waals surface area contributed by atoms with Gasteiger partial charge < -0.3 is 15.0 Å². The van der Waals surface area contributed by atoms with Crippen LogP contribution in [0.3, 0.4) is 0 Å². The summed E-state index contributed by atoms with van der Waals surface area (Å²) in [6.07, 6.45) is 1.69. The highest BCUT2D eigenvalue weighted by molar-refractivity contribution is 5.92. The van der Waals surface area contributed by atoms with Crippen molar-refractivity contribution in [3.05, 3.63) is 64.1 Å². The van der Waals surface area contributed by atoms with Gasteiger partial charge in [0.1, 0.15) is 0 Å². The van der Waals surface area contributed by atoms with E-state index in [-0.39, 0.29) is 5.56 Å². The van der Waals surface area contributed by atoms with E-state index in [1.165, 1.54) is 11.7 Å². The first-order chi connectivity index (χ1) is 9.11. The Balaban J connectivity index is 2.26. The van der Waals surface area contributed by atoms with E-state index in [0.717, 1.165) is 5.56 Å². The van der Waals surface area contributed by atoms with Gasteiger partial charge in [-0.1, -0.05) is 12.1 Å². The summed E-state index contributed by atoms with van der Waals surface area (Å²) in [6.45, 7) is 0.412. The number of ether oxygens (including phenoxy) is 1. The number of aromatic nitrogens is 1. The molecule has 0 radical (unpaired) electrons. The Morgan fingerprint density at radius 3 is 2.53 bits per heavy atom. The SMILES string of the molecule is COc1cccn(Cc2ccc(C(N)=O)cc2)c1=O. The van der Waals surface area contributed by atoms with Crippen molar-refractivity contribution in [3.63, 3.8) is 0 Å². The number of nitrogens with zero attached hydrogens (tertiary/aromatic N) is 1. The predicted octanol–water partition coefficient (Wildman–Crippen LogP) is 1.00. The summed E-state index contributed by atoms with van der Waals surface area (Å²) in [7, 11) is 1.46. The van der Waals surface area contributed by atoms with Crippen molar-refractivity contribution < 1.29 is 9.53 Å². The molecule has 0 fully saturated rings. The van der Waals surface area contributed by atoms with Gasteiger partial charge in [0, 0.05) is 11.8 Å². The lowest BCUT2D eigenvalue weighted by molar-refractivity contribution is 0.100. The number of amides is 1. The van der Waals surface area contributed by atoms with Gasteiger partial charge in [-0.25, -0.2) is 0 Å². The molecule has 5 nitrogen and oxygen atoms in total. The lowest BCUT2D eigenvalue weighted by Gasteiger charge is -2.07. The van der Waals surface area contributed by atoms with Crippen LogP contribution in [-0.4, -0.2) is 17.6 Å². The van der Waals surface area contributed by atoms with Crippen molar-refractivity contribution in [2.45, 2.75) is 6.54 Å². The summed E-state index contributed by atoms with van der Waals surface area (Å²) in [6, 6.07) is 10.2. The minimum absolute atomic E-state index is 0.191. The zero-order valence-corrected chi connectivity index (χ0v) is 10.5. The van der Waals surface area contributed by atoms with Gasteiger partial charge >= 0.3 is 0 Å². The number of nitrogens with two attached hydrogens (primary N) is 1. The van der Waals surface area contributed by atoms with Crippen LogP contribution in [0.15, 0.2) is 47.4 Å². The van der Waals surface area contributed by atoms with Gasteiger partial charge in [0.15, 0.2) is 5.75 Å². The summed E-state index contributed by atoms with van der Waals surface area (Å²) in [5, 5.41) is 0. The molecule has 0 spiro atoms. The Morgan fingerprint density at radius 1 is 1.26 bits per heavy atom. The normalized spacial score (nSPS) is 10.2. The Bertz CT molecular complexity index is 644. The molecule has 2 rings (SSSR count). The number of methoxy groups -OCH3 is 1. The first-order valence-corrected chi connectivity index (χ1v) is 5.74. The van der Waals surface area contributed by atoms with Crippen LogP contribution in [0.5, 0.6) is 5.75 Å². The summed E-state index contributed by atoms with van der Waals surface area (Å²) in [5.41, 5.74) is 6.33. The molecule has 2 aromatic rings. The van der Waals surface area contributed by atoms with Crippen LogP contribution in [0, 0.1) is 0 Å². The second-order valence-electron chi connectivity index (χ2n) is 4.07. The largest absolute Gasteiger partial charge is 0.491 e. The van der Waals surface area contributed by atoms with Gasteiger partial charge in [-0.15, -0.1) is 0 Å². The number of pyridine rings is 1. The maximum Gasteiger partial charge on any atom is 0.293 e. The third-order valence-electron chi connectivity index (χ3n) is 2.80. The van der Waals surface area contributed by atoms with Gasteiger partial charge in [0.25, 0.3) is 5.56 Å². The van der Waals surface area contributed by atoms with Gasteiger partial charge in [-0.2, -0.15) is 0 Å². The van der Waals surface area contributed by atoms with Crippen LogP contribution < -0.4 is 16.0 Å². The number of carbonyl (C=O) groups excluding carboxylic acids is 1. The molecular formula is C14H14N2O3. The molecule has 0 unspecified atom stereocenters. The van der Waals surface area contributed by atoms with Crippen LogP contribution in [0.4, 0.5) is 0 Å². The lowest BCUT2D eigenvalue weighted by atomic mass is 10.1. The monoisotopic (exact) mass is 258 g/mol. The van der Waals surface area contributed by atoms with E-state index in [0.29, 0.717) is 17.9 Å². The molecule has 0 aliphatic rings. The molecule has 0 atom stereocenters. The van der Waals surface area contributed by atoms with Gasteiger partial charge in [-0.05, 0) is 29.8 Å². The van der Waals surface area contributed by atoms with Crippen LogP contribution in [0.2, 0.25) is 0 Å². The summed E-state index contributed by atoms with van der Waals surface area (Å²) in [5.74, 6) is -0.165. The Morgan fingerprint density at radius 2 is 1.95 bits per heavy atom. The second kappa shape index (κ2) is 5.39. The van der Waals surface area contributed by atoms with Crippen LogP contribution in [0.25, 0.3) is 0 Å². The number of carbonyl (C=O) groups is 1. The molecule has 1 heterocycles. The molecule has 1 amide bonds. The number of hydrogen-bond donors (Lipinski definition) is 1. The molecule has 0 saturated heterocycles. The van der Waals surface area contributed by atoms with Crippen molar-refractivity contribution in [2.75, 3.05) is 7.11 Å². The minimum atomic E-state index is -0.468. The standard InChI is InChI=1S/C14H14N2O3/c1-19-12-3-2-8-16(14(12)18)9-10-4-6-11(7-5-10)13(15)17/h2-8H,9H2,1H3,(H2,15,17). The second-order valence-corrected chi connectivity index (χ2v) is 4.07. The molecule has 0 saturated carbocycles. The van der Waals surface area contributed by atoms with Crippen molar-refractivity contribution in [1.29, 1.82) is 0 Å². The van der Waals surface area contributed by atoms with Crippen molar-refractivity contribution in [1.82, 2.24) is 4.57 Å². The average molecular weight is 258 g/mol. The molecule has 98 valence electrons. The molecule has 19 heavy (non-hydrogen) atoms. The van der Waals surface area contributed by atoms with E-state index in [2.05, 4.69) is 0 Å². The Kier molecular flexibility index (Phi) is 3.66. The predicted molar refractivity (Wildman–Crippen MR) is 71.3 cm³/mol. The summed E-state index contributed by atoms with van der Waals surface area (Å²) >= 11 is 0. The topological polar surface area (TPSA) is 74.3 Å². The highest BCUT2D eigenvalue weighted by Crippen LogP contribution is 2.07. The van der Waals surface area contributed by atoms with E-state index in [9.17, 15) is 9.59 Å². The number of hydrogen-bond acceptors (Lipinski definition) is 3. The fourth-order valence-corrected chi connectivity index (χ4v) is 1.77. The van der Waals surface area contributed by atoms with Crippen LogP contribution in [0.1, 0.15) is 15.9 Å². The smallest absolute Gasteiger partial charge is 0.293 e. The first kappa shape index (κ1) is 12.9. The molecule has 0 bridgehead atoms. The summed E-state index contributed by atoms with van der Waals surface area (Å²) in [4.78, 5) is 22.9. The quantitative estimate of drug-likeness (QED) is 0.889. The number of benzene rings is 1. The van der Waals surface area contributed by atoms with Gasteiger partial charge in [-0.3, -0.25) is 9.59 Å². The van der Waals surface area contributed by atoms with E-state index in [4.69, 9.17) is 10.5 Å². The maximum absolute atomic E-state index is 11.9. The van der Waals surface area contributed by atoms with Crippen molar-refractivity contribution >= 4 is 5.91 Å². The van der Waals surface area contributed by atoms with Gasteiger partial charge in [0.2, 0.25) is 5.91 Å².